The predicted octanol–water partition coefficient (Wildman–Crippen LogP) is 1.93. The summed E-state index contributed by atoms with van der Waals surface area (Å²) in [7, 11) is 0. The fourth-order valence-corrected chi connectivity index (χ4v) is 1.60. The quantitative estimate of drug-likeness (QED) is 0.409. The van der Waals surface area contributed by atoms with E-state index in [1.54, 1.807) is 6.08 Å². The first-order valence-electron chi connectivity index (χ1n) is 4.80. The smallest absolute Gasteiger partial charge is 0.144 e. The van der Waals surface area contributed by atoms with Crippen LogP contribution in [0.5, 0.6) is 0 Å². The topological polar surface area (TPSA) is 20.1 Å². The fraction of sp³-hybridized carbons (Fsp3) is 0.250. The Hall–Kier alpha value is -1.57. The highest BCUT2D eigenvalue weighted by Crippen LogP contribution is 2.30. The summed E-state index contributed by atoms with van der Waals surface area (Å²) in [5.74, 6) is 0. The number of hydrogen-bond donors (Lipinski definition) is 0. The van der Waals surface area contributed by atoms with Gasteiger partial charge in [-0.05, 0) is 12.5 Å². The van der Waals surface area contributed by atoms with E-state index < -0.39 is 0 Å². The summed E-state index contributed by atoms with van der Waals surface area (Å²) in [6.07, 6.45) is 2.49. The Bertz CT molecular complexity index is 356. The van der Waals surface area contributed by atoms with Gasteiger partial charge in [0.05, 0.1) is 0 Å². The molecular weight excluding hydrogens is 174 g/mol. The zero-order valence-electron chi connectivity index (χ0n) is 8.18. The van der Waals surface area contributed by atoms with Crippen molar-refractivity contribution >= 4 is 12.0 Å². The maximum absolute atomic E-state index is 10.5. The Morgan fingerprint density at radius 1 is 1.43 bits per heavy atom. The first-order valence-corrected chi connectivity index (χ1v) is 4.80. The molecule has 1 aromatic rings. The van der Waals surface area contributed by atoms with Gasteiger partial charge in [-0.25, -0.2) is 0 Å². The van der Waals surface area contributed by atoms with Gasteiger partial charge >= 0.3 is 0 Å². The van der Waals surface area contributed by atoms with Crippen LogP contribution in [-0.4, -0.2) is 23.8 Å². The Labute approximate surface area is 83.8 Å². The molecule has 1 unspecified atom stereocenters. The van der Waals surface area contributed by atoms with Crippen molar-refractivity contribution in [3.05, 3.63) is 42.0 Å². The third-order valence-corrected chi connectivity index (χ3v) is 2.46. The average molecular weight is 187 g/mol. The molecule has 0 saturated carbocycles. The van der Waals surface area contributed by atoms with Crippen LogP contribution in [0.1, 0.15) is 12.5 Å². The Morgan fingerprint density at radius 3 is 2.57 bits per heavy atom. The number of aldehydes is 1. The molecule has 72 valence electrons. The molecule has 1 fully saturated rings. The first kappa shape index (κ1) is 9.00. The monoisotopic (exact) mass is 187 g/mol. The van der Waals surface area contributed by atoms with Gasteiger partial charge in [0.1, 0.15) is 6.29 Å². The summed E-state index contributed by atoms with van der Waals surface area (Å²) >= 11 is 0. The van der Waals surface area contributed by atoms with Crippen LogP contribution in [-0.2, 0) is 4.79 Å². The van der Waals surface area contributed by atoms with Crippen LogP contribution in [0, 0.1) is 0 Å². The number of carbonyl (C=O) groups is 1. The van der Waals surface area contributed by atoms with Gasteiger partial charge in [0.25, 0.3) is 0 Å². The zero-order chi connectivity index (χ0) is 9.97. The van der Waals surface area contributed by atoms with Crippen molar-refractivity contribution in [2.45, 2.75) is 13.0 Å². The second-order valence-corrected chi connectivity index (χ2v) is 3.56. The minimum Gasteiger partial charge on any atom is -0.364 e. The van der Waals surface area contributed by atoms with Crippen LogP contribution in [0.25, 0.3) is 5.70 Å². The van der Waals surface area contributed by atoms with E-state index in [2.05, 4.69) is 11.8 Å². The molecule has 1 heterocycles. The summed E-state index contributed by atoms with van der Waals surface area (Å²) < 4.78 is 0. The lowest BCUT2D eigenvalue weighted by Gasteiger charge is -2.08. The molecule has 14 heavy (non-hydrogen) atoms. The maximum Gasteiger partial charge on any atom is 0.144 e. The summed E-state index contributed by atoms with van der Waals surface area (Å²) in [6.45, 7) is 3.20. The van der Waals surface area contributed by atoms with Gasteiger partial charge in [0.15, 0.2) is 0 Å². The van der Waals surface area contributed by atoms with E-state index in [9.17, 15) is 4.79 Å². The number of carbonyl (C=O) groups excluding carboxylic acids is 1. The van der Waals surface area contributed by atoms with Crippen molar-refractivity contribution in [2.75, 3.05) is 6.54 Å². The lowest BCUT2D eigenvalue weighted by molar-refractivity contribution is -0.104. The van der Waals surface area contributed by atoms with Gasteiger partial charge in [-0.1, -0.05) is 30.3 Å². The molecule has 1 aliphatic rings. The maximum atomic E-state index is 10.5. The number of nitrogens with zero attached hydrogens (tertiary/aromatic N) is 1. The van der Waals surface area contributed by atoms with E-state index in [-0.39, 0.29) is 0 Å². The Balaban J connectivity index is 2.28. The first-order chi connectivity index (χ1) is 6.83. The molecule has 1 aliphatic heterocycles. The van der Waals surface area contributed by atoms with Gasteiger partial charge < -0.3 is 4.90 Å². The Kier molecular flexibility index (Phi) is 2.35. The largest absolute Gasteiger partial charge is 0.364 e. The number of benzene rings is 1. The number of hydrogen-bond acceptors (Lipinski definition) is 2. The molecule has 1 saturated heterocycles. The molecule has 2 nitrogen and oxygen atoms in total. The van der Waals surface area contributed by atoms with Crippen LogP contribution in [0.2, 0.25) is 0 Å². The van der Waals surface area contributed by atoms with Crippen molar-refractivity contribution in [1.29, 1.82) is 0 Å². The van der Waals surface area contributed by atoms with Crippen molar-refractivity contribution in [2.24, 2.45) is 0 Å². The molecule has 2 rings (SSSR count). The van der Waals surface area contributed by atoms with Gasteiger partial charge in [0, 0.05) is 24.4 Å². The molecule has 1 atom stereocenters. The van der Waals surface area contributed by atoms with Gasteiger partial charge in [-0.15, -0.1) is 0 Å². The van der Waals surface area contributed by atoms with Gasteiger partial charge in [-0.2, -0.15) is 0 Å². The molecule has 0 aromatic heterocycles. The molecule has 0 N–H and O–H groups in total. The molecular formula is C12H13NO. The fourth-order valence-electron chi connectivity index (χ4n) is 1.60. The van der Waals surface area contributed by atoms with Gasteiger partial charge in [-0.3, -0.25) is 4.79 Å². The third kappa shape index (κ3) is 1.69. The number of rotatable bonds is 3. The normalized spacial score (nSPS) is 20.8. The molecule has 0 aliphatic carbocycles. The van der Waals surface area contributed by atoms with Crippen LogP contribution < -0.4 is 0 Å². The predicted molar refractivity (Wildman–Crippen MR) is 56.7 cm³/mol. The SMILES string of the molecule is CC1CN1/C(=C/C=O)c1ccccc1. The van der Waals surface area contributed by atoms with Crippen LogP contribution in [0.4, 0.5) is 0 Å². The minimum atomic E-state index is 0.571. The van der Waals surface area contributed by atoms with Crippen molar-refractivity contribution in [1.82, 2.24) is 4.90 Å². The van der Waals surface area contributed by atoms with Crippen molar-refractivity contribution < 1.29 is 4.79 Å². The van der Waals surface area contributed by atoms with Crippen LogP contribution in [0.15, 0.2) is 36.4 Å². The lowest BCUT2D eigenvalue weighted by Crippen LogP contribution is -1.99. The highest BCUT2D eigenvalue weighted by molar-refractivity contribution is 5.81. The summed E-state index contributed by atoms with van der Waals surface area (Å²) in [6, 6.07) is 10.6. The molecule has 0 spiro atoms. The molecule has 0 bridgehead atoms. The van der Waals surface area contributed by atoms with E-state index in [1.807, 2.05) is 30.3 Å². The molecule has 1 aromatic carbocycles. The summed E-state index contributed by atoms with van der Waals surface area (Å²) in [5, 5.41) is 0. The van der Waals surface area contributed by atoms with E-state index >= 15 is 0 Å². The molecule has 0 radical (unpaired) electrons. The van der Waals surface area contributed by atoms with Gasteiger partial charge in [0.2, 0.25) is 0 Å². The van der Waals surface area contributed by atoms with Crippen LogP contribution >= 0.6 is 0 Å². The summed E-state index contributed by atoms with van der Waals surface area (Å²) in [4.78, 5) is 12.7. The molecule has 2 heteroatoms. The average Bonchev–Trinajstić information content (AvgIpc) is 2.93. The van der Waals surface area contributed by atoms with E-state index in [0.29, 0.717) is 6.04 Å². The second-order valence-electron chi connectivity index (χ2n) is 3.56. The highest BCUT2D eigenvalue weighted by atomic mass is 16.1. The number of allylic oxidation sites excluding steroid dienone is 1. The van der Waals surface area contributed by atoms with E-state index in [0.717, 1.165) is 24.1 Å². The third-order valence-electron chi connectivity index (χ3n) is 2.46. The standard InChI is InChI=1S/C12H13NO/c1-10-9-13(10)12(7-8-14)11-5-3-2-4-6-11/h2-8,10H,9H2,1H3/b12-7+. The zero-order valence-corrected chi connectivity index (χ0v) is 8.18. The van der Waals surface area contributed by atoms with Crippen molar-refractivity contribution in [3.63, 3.8) is 0 Å². The summed E-state index contributed by atoms with van der Waals surface area (Å²) in [5.41, 5.74) is 2.15. The lowest BCUT2D eigenvalue weighted by atomic mass is 10.1. The minimum absolute atomic E-state index is 0.571. The highest BCUT2D eigenvalue weighted by Gasteiger charge is 2.31. The Morgan fingerprint density at radius 2 is 2.07 bits per heavy atom. The second kappa shape index (κ2) is 3.66. The van der Waals surface area contributed by atoms with E-state index in [4.69, 9.17) is 0 Å². The van der Waals surface area contributed by atoms with Crippen molar-refractivity contribution in [3.8, 4) is 0 Å². The molecule has 0 amide bonds. The van der Waals surface area contributed by atoms with Crippen LogP contribution in [0.3, 0.4) is 0 Å². The van der Waals surface area contributed by atoms with E-state index in [1.165, 1.54) is 0 Å².